The number of hydrogen-bond donors (Lipinski definition) is 1. The molecule has 4 aromatic rings. The van der Waals surface area contributed by atoms with Crippen LogP contribution in [0.15, 0.2) is 114 Å². The molecule has 0 bridgehead atoms. The van der Waals surface area contributed by atoms with Gasteiger partial charge in [0.15, 0.2) is 0 Å². The Hall–Kier alpha value is -4.34. The van der Waals surface area contributed by atoms with Crippen molar-refractivity contribution in [3.8, 4) is 5.69 Å². The molecule has 1 amide bonds. The molecule has 2 atom stereocenters. The van der Waals surface area contributed by atoms with Crippen LogP contribution in [-0.2, 0) is 4.79 Å². The molecule has 5 nitrogen and oxygen atoms in total. The molecule has 1 aliphatic carbocycles. The number of carbonyl (C=O) groups excluding carboxylic acids is 1. The lowest BCUT2D eigenvalue weighted by atomic mass is 9.98. The van der Waals surface area contributed by atoms with Gasteiger partial charge in [-0.2, -0.15) is 0 Å². The number of rotatable bonds is 4. The maximum atomic E-state index is 13.3. The van der Waals surface area contributed by atoms with Crippen LogP contribution in [0.4, 0.5) is 5.69 Å². The lowest BCUT2D eigenvalue weighted by molar-refractivity contribution is -0.111. The summed E-state index contributed by atoms with van der Waals surface area (Å²) in [6, 6.07) is 15.2. The zero-order chi connectivity index (χ0) is 25.5. The number of aryl methyl sites for hydroxylation is 1. The first kappa shape index (κ1) is 23.1. The van der Waals surface area contributed by atoms with Gasteiger partial charge < -0.3 is 5.32 Å². The van der Waals surface area contributed by atoms with E-state index in [0.717, 1.165) is 32.9 Å². The number of aromatic nitrogens is 2. The summed E-state index contributed by atoms with van der Waals surface area (Å²) in [5, 5.41) is 4.60. The molecule has 0 fully saturated rings. The second-order valence-electron chi connectivity index (χ2n) is 9.13. The van der Waals surface area contributed by atoms with Crippen LogP contribution in [0, 0.1) is 6.92 Å². The average molecular weight is 502 g/mol. The van der Waals surface area contributed by atoms with Crippen LogP contribution in [0.2, 0.25) is 0 Å². The van der Waals surface area contributed by atoms with Crippen molar-refractivity contribution in [2.24, 2.45) is 0 Å². The molecule has 0 spiro atoms. The third kappa shape index (κ3) is 4.18. The Labute approximate surface area is 216 Å². The van der Waals surface area contributed by atoms with Gasteiger partial charge in [0, 0.05) is 34.4 Å². The predicted octanol–water partition coefficient (Wildman–Crippen LogP) is 6.43. The summed E-state index contributed by atoms with van der Waals surface area (Å²) in [6.45, 7) is 5.45. The summed E-state index contributed by atoms with van der Waals surface area (Å²) in [5.74, 6) is 2.00. The summed E-state index contributed by atoms with van der Waals surface area (Å²) >= 11 is 0. The molecule has 37 heavy (non-hydrogen) atoms. The molecule has 2 aliphatic rings. The summed E-state index contributed by atoms with van der Waals surface area (Å²) < 4.78 is 1.70. The number of amides is 1. The van der Waals surface area contributed by atoms with Crippen molar-refractivity contribution in [3.05, 3.63) is 131 Å². The maximum Gasteiger partial charge on any atom is 0.255 e. The van der Waals surface area contributed by atoms with Crippen molar-refractivity contribution in [1.29, 1.82) is 0 Å². The van der Waals surface area contributed by atoms with Gasteiger partial charge in [0.1, 0.15) is 0 Å². The van der Waals surface area contributed by atoms with Gasteiger partial charge in [-0.15, -0.1) is 0 Å². The fourth-order valence-electron chi connectivity index (χ4n) is 4.83. The van der Waals surface area contributed by atoms with Crippen LogP contribution in [0.5, 0.6) is 0 Å². The summed E-state index contributed by atoms with van der Waals surface area (Å²) in [4.78, 5) is 30.0. The normalized spacial score (nSPS) is 16.9. The van der Waals surface area contributed by atoms with Crippen LogP contribution < -0.4 is 10.9 Å². The van der Waals surface area contributed by atoms with Gasteiger partial charge in [0.25, 0.3) is 5.56 Å². The highest BCUT2D eigenvalue weighted by Crippen LogP contribution is 2.40. The predicted molar refractivity (Wildman–Crippen MR) is 155 cm³/mol. The van der Waals surface area contributed by atoms with E-state index in [4.69, 9.17) is 0 Å². The van der Waals surface area contributed by atoms with Gasteiger partial charge in [0.05, 0.1) is 16.7 Å². The Bertz CT molecular complexity index is 1810. The van der Waals surface area contributed by atoms with Crippen molar-refractivity contribution >= 4 is 47.6 Å². The van der Waals surface area contributed by atoms with Crippen molar-refractivity contribution in [1.82, 2.24) is 9.55 Å². The quantitative estimate of drug-likeness (QED) is 0.199. The fourth-order valence-corrected chi connectivity index (χ4v) is 6.03. The van der Waals surface area contributed by atoms with E-state index < -0.39 is 0 Å². The Morgan fingerprint density at radius 1 is 1.14 bits per heavy atom. The summed E-state index contributed by atoms with van der Waals surface area (Å²) in [6.07, 6.45) is 13.9. The Morgan fingerprint density at radius 2 is 2.03 bits per heavy atom. The highest BCUT2D eigenvalue weighted by molar-refractivity contribution is 7.43. The molecule has 0 radical (unpaired) electrons. The van der Waals surface area contributed by atoms with E-state index in [9.17, 15) is 9.59 Å². The second-order valence-corrected chi connectivity index (χ2v) is 10.4. The minimum Gasteiger partial charge on any atom is -0.322 e. The minimum absolute atomic E-state index is 0.155. The summed E-state index contributed by atoms with van der Waals surface area (Å²) in [5.41, 5.74) is 7.69. The molecule has 6 heteroatoms. The van der Waals surface area contributed by atoms with E-state index in [1.54, 1.807) is 16.8 Å². The van der Waals surface area contributed by atoms with E-state index in [2.05, 4.69) is 65.2 Å². The minimum atomic E-state index is -0.300. The lowest BCUT2D eigenvalue weighted by Crippen LogP contribution is -2.18. The molecule has 1 N–H and O–H groups in total. The standard InChI is InChI=1S/C31H24N3O2P/c1-3-29(35)33-27-16-24(11-8-19(27)2)34-30(36)13-10-22-17-32-26-12-9-20(15-25(26)31(22)34)23-14-21-6-4-5-7-28(21)37-18-23/h3-18,28,37H,1H2,2H3,(H,33,35). The number of allylic oxidation sites excluding steroid dienone is 7. The largest absolute Gasteiger partial charge is 0.322 e. The van der Waals surface area contributed by atoms with Crippen molar-refractivity contribution in [2.45, 2.75) is 12.6 Å². The molecule has 3 heterocycles. The second kappa shape index (κ2) is 9.27. The van der Waals surface area contributed by atoms with E-state index in [-0.39, 0.29) is 11.5 Å². The Morgan fingerprint density at radius 3 is 2.89 bits per heavy atom. The molecule has 180 valence electrons. The molecule has 0 saturated carbocycles. The smallest absolute Gasteiger partial charge is 0.255 e. The van der Waals surface area contributed by atoms with E-state index in [0.29, 0.717) is 25.6 Å². The van der Waals surface area contributed by atoms with Crippen LogP contribution >= 0.6 is 8.58 Å². The monoisotopic (exact) mass is 501 g/mol. The zero-order valence-corrected chi connectivity index (χ0v) is 21.2. The SMILES string of the molecule is C=CC(=O)Nc1cc(-n2c(=O)ccc3cnc4ccc(C5=CPC6C=CC=CC6=C5)cc4c32)ccc1C. The van der Waals surface area contributed by atoms with E-state index >= 15 is 0 Å². The average Bonchev–Trinajstić information content (AvgIpc) is 2.93. The van der Waals surface area contributed by atoms with Crippen LogP contribution in [0.1, 0.15) is 11.1 Å². The number of anilines is 1. The first-order valence-corrected chi connectivity index (χ1v) is 13.2. The third-order valence-corrected chi connectivity index (χ3v) is 8.14. The van der Waals surface area contributed by atoms with Crippen molar-refractivity contribution in [3.63, 3.8) is 0 Å². The topological polar surface area (TPSA) is 64.0 Å². The van der Waals surface area contributed by atoms with E-state index in [1.165, 1.54) is 17.2 Å². The van der Waals surface area contributed by atoms with Gasteiger partial charge in [0.2, 0.25) is 5.91 Å². The zero-order valence-electron chi connectivity index (χ0n) is 20.2. The Kier molecular flexibility index (Phi) is 5.78. The molecule has 0 saturated heterocycles. The fraction of sp³-hybridized carbons (Fsp3) is 0.0645. The number of benzene rings is 2. The van der Waals surface area contributed by atoms with Crippen molar-refractivity contribution in [2.75, 3.05) is 5.32 Å². The number of carbonyl (C=O) groups is 1. The number of fused-ring (bicyclic) bond motifs is 4. The molecule has 1 aliphatic heterocycles. The highest BCUT2D eigenvalue weighted by atomic mass is 31.1. The van der Waals surface area contributed by atoms with Gasteiger partial charge in [-0.25, -0.2) is 0 Å². The van der Waals surface area contributed by atoms with Crippen LogP contribution in [0.3, 0.4) is 0 Å². The first-order valence-electron chi connectivity index (χ1n) is 12.0. The van der Waals surface area contributed by atoms with Gasteiger partial charge in [-0.3, -0.25) is 19.1 Å². The summed E-state index contributed by atoms with van der Waals surface area (Å²) in [7, 11) is 0.682. The van der Waals surface area contributed by atoms with Gasteiger partial charge in [-0.1, -0.05) is 63.5 Å². The molecule has 2 aromatic carbocycles. The molecular weight excluding hydrogens is 477 g/mol. The molecule has 2 aromatic heterocycles. The first-order chi connectivity index (χ1) is 18.0. The molecular formula is C31H24N3O2P. The van der Waals surface area contributed by atoms with Crippen LogP contribution in [-0.4, -0.2) is 21.1 Å². The van der Waals surface area contributed by atoms with Crippen LogP contribution in [0.25, 0.3) is 33.1 Å². The number of hydrogen-bond acceptors (Lipinski definition) is 3. The number of nitrogens with one attached hydrogen (secondary N) is 1. The van der Waals surface area contributed by atoms with Gasteiger partial charge >= 0.3 is 0 Å². The van der Waals surface area contributed by atoms with E-state index in [1.807, 2.05) is 37.3 Å². The Balaban J connectivity index is 1.56. The number of pyridine rings is 2. The van der Waals surface area contributed by atoms with Crippen molar-refractivity contribution < 1.29 is 4.79 Å². The maximum absolute atomic E-state index is 13.3. The number of nitrogens with zero attached hydrogens (tertiary/aromatic N) is 2. The lowest BCUT2D eigenvalue weighted by Gasteiger charge is -2.21. The van der Waals surface area contributed by atoms with Gasteiger partial charge in [-0.05, 0) is 65.6 Å². The molecule has 6 rings (SSSR count). The third-order valence-electron chi connectivity index (χ3n) is 6.78. The highest BCUT2D eigenvalue weighted by Gasteiger charge is 2.17. The molecule has 2 unspecified atom stereocenters.